The Morgan fingerprint density at radius 2 is 2.40 bits per heavy atom. The molecule has 3 rings (SSSR count). The zero-order chi connectivity index (χ0) is 14.1. The fourth-order valence-electron chi connectivity index (χ4n) is 1.82. The summed E-state index contributed by atoms with van der Waals surface area (Å²) in [6.07, 6.45) is 1.55. The summed E-state index contributed by atoms with van der Waals surface area (Å²) < 4.78 is 2.30. The Bertz CT molecular complexity index is 679. The highest BCUT2D eigenvalue weighted by Gasteiger charge is 2.29. The average Bonchev–Trinajstić information content (AvgIpc) is 3.10. The molecule has 0 bridgehead atoms. The monoisotopic (exact) mass is 310 g/mol. The molecule has 6 nitrogen and oxygen atoms in total. The maximum Gasteiger partial charge on any atom is 0.269 e. The van der Waals surface area contributed by atoms with Gasteiger partial charge in [-0.05, 0) is 12.1 Å². The maximum absolute atomic E-state index is 12.0. The van der Waals surface area contributed by atoms with Crippen LogP contribution in [0.5, 0.6) is 0 Å². The Hall–Kier alpha value is -1.86. The molecule has 1 aliphatic heterocycles. The van der Waals surface area contributed by atoms with Crippen molar-refractivity contribution in [1.82, 2.24) is 9.78 Å². The van der Waals surface area contributed by atoms with Gasteiger partial charge in [-0.1, -0.05) is 16.8 Å². The molecule has 20 heavy (non-hydrogen) atoms. The second kappa shape index (κ2) is 5.26. The van der Waals surface area contributed by atoms with Crippen LogP contribution in [0.3, 0.4) is 0 Å². The molecule has 0 saturated carbocycles. The van der Waals surface area contributed by atoms with Crippen LogP contribution in [0.1, 0.15) is 11.3 Å². The first-order valence-corrected chi connectivity index (χ1v) is 7.10. The number of thiophene rings is 1. The number of aromatic nitrogens is 2. The number of aryl methyl sites for hydroxylation is 1. The summed E-state index contributed by atoms with van der Waals surface area (Å²) in [5, 5.41) is 10.7. The van der Waals surface area contributed by atoms with E-state index in [1.807, 2.05) is 6.07 Å². The molecule has 0 aliphatic carbocycles. The average molecular weight is 311 g/mol. The molecule has 1 aliphatic rings. The first-order chi connectivity index (χ1) is 9.61. The van der Waals surface area contributed by atoms with Crippen molar-refractivity contribution in [3.8, 4) is 0 Å². The number of carbonyl (C=O) groups excluding carboxylic acids is 1. The van der Waals surface area contributed by atoms with Crippen LogP contribution in [0, 0.1) is 0 Å². The van der Waals surface area contributed by atoms with Gasteiger partial charge in [0.1, 0.15) is 5.71 Å². The molecular weight excluding hydrogens is 300 g/mol. The van der Waals surface area contributed by atoms with E-state index in [1.54, 1.807) is 30.1 Å². The summed E-state index contributed by atoms with van der Waals surface area (Å²) in [5.74, 6) is 0.235. The molecule has 0 radical (unpaired) electrons. The molecule has 8 heteroatoms. The number of hydrogen-bond donors (Lipinski definition) is 1. The molecule has 104 valence electrons. The summed E-state index contributed by atoms with van der Waals surface area (Å²) in [6.45, 7) is 0. The highest BCUT2D eigenvalue weighted by Crippen LogP contribution is 2.26. The minimum absolute atomic E-state index is 0.259. The lowest BCUT2D eigenvalue weighted by Gasteiger charge is -2.06. The van der Waals surface area contributed by atoms with E-state index in [2.05, 4.69) is 15.6 Å². The minimum Gasteiger partial charge on any atom is -0.382 e. The predicted octanol–water partition coefficient (Wildman–Crippen LogP) is 2.27. The minimum atomic E-state index is -0.632. The van der Waals surface area contributed by atoms with Crippen LogP contribution in [0.2, 0.25) is 4.34 Å². The summed E-state index contributed by atoms with van der Waals surface area (Å²) in [6, 6.07) is 5.38. The van der Waals surface area contributed by atoms with Gasteiger partial charge in [0.05, 0.1) is 9.21 Å². The molecule has 2 aromatic rings. The molecule has 1 atom stereocenters. The largest absolute Gasteiger partial charge is 0.382 e. The van der Waals surface area contributed by atoms with Gasteiger partial charge in [-0.3, -0.25) is 9.48 Å². The van der Waals surface area contributed by atoms with E-state index >= 15 is 0 Å². The number of anilines is 1. The zero-order valence-corrected chi connectivity index (χ0v) is 12.1. The summed E-state index contributed by atoms with van der Waals surface area (Å²) in [5.41, 5.74) is 0.739. The summed E-state index contributed by atoms with van der Waals surface area (Å²) in [4.78, 5) is 18.1. The number of hydrogen-bond acceptors (Lipinski definition) is 5. The van der Waals surface area contributed by atoms with Crippen LogP contribution in [0.15, 0.2) is 29.6 Å². The molecule has 0 aromatic carbocycles. The van der Waals surface area contributed by atoms with Gasteiger partial charge in [0, 0.05) is 25.7 Å². The SMILES string of the molecule is Cn1ccc(NC(=O)[C@@H]2CC(c3ccc(Cl)s3)=NO2)n1. The molecule has 0 spiro atoms. The van der Waals surface area contributed by atoms with Gasteiger partial charge in [-0.2, -0.15) is 5.10 Å². The number of rotatable bonds is 3. The van der Waals surface area contributed by atoms with Crippen LogP contribution < -0.4 is 5.32 Å². The summed E-state index contributed by atoms with van der Waals surface area (Å²) >= 11 is 7.29. The van der Waals surface area contributed by atoms with E-state index in [-0.39, 0.29) is 5.91 Å². The van der Waals surface area contributed by atoms with E-state index in [0.717, 1.165) is 10.6 Å². The van der Waals surface area contributed by atoms with Crippen molar-refractivity contribution >= 4 is 40.4 Å². The fraction of sp³-hybridized carbons (Fsp3) is 0.250. The third-order valence-electron chi connectivity index (χ3n) is 2.78. The zero-order valence-electron chi connectivity index (χ0n) is 10.5. The second-order valence-corrected chi connectivity index (χ2v) is 6.02. The first kappa shape index (κ1) is 13.1. The number of nitrogens with one attached hydrogen (secondary N) is 1. The molecular formula is C12H11ClN4O2S. The van der Waals surface area contributed by atoms with Crippen molar-refractivity contribution in [3.05, 3.63) is 33.6 Å². The van der Waals surface area contributed by atoms with Crippen molar-refractivity contribution in [2.45, 2.75) is 12.5 Å². The van der Waals surface area contributed by atoms with Crippen LogP contribution in [-0.4, -0.2) is 27.5 Å². The van der Waals surface area contributed by atoms with E-state index in [4.69, 9.17) is 16.4 Å². The van der Waals surface area contributed by atoms with Crippen molar-refractivity contribution < 1.29 is 9.63 Å². The van der Waals surface area contributed by atoms with Crippen molar-refractivity contribution in [2.75, 3.05) is 5.32 Å². The molecule has 1 N–H and O–H groups in total. The number of amides is 1. The lowest BCUT2D eigenvalue weighted by atomic mass is 10.1. The Balaban J connectivity index is 1.62. The number of carbonyl (C=O) groups is 1. The Kier molecular flexibility index (Phi) is 3.45. The van der Waals surface area contributed by atoms with Gasteiger partial charge in [0.2, 0.25) is 6.10 Å². The van der Waals surface area contributed by atoms with Gasteiger partial charge in [-0.25, -0.2) is 0 Å². The van der Waals surface area contributed by atoms with Crippen molar-refractivity contribution in [1.29, 1.82) is 0 Å². The van der Waals surface area contributed by atoms with Crippen molar-refractivity contribution in [3.63, 3.8) is 0 Å². The number of nitrogens with zero attached hydrogens (tertiary/aromatic N) is 3. The number of halogens is 1. The topological polar surface area (TPSA) is 68.5 Å². The first-order valence-electron chi connectivity index (χ1n) is 5.91. The van der Waals surface area contributed by atoms with Gasteiger partial charge in [-0.15, -0.1) is 11.3 Å². The Morgan fingerprint density at radius 3 is 3.05 bits per heavy atom. The van der Waals surface area contributed by atoms with E-state index < -0.39 is 6.10 Å². The molecule has 1 amide bonds. The molecule has 2 aromatic heterocycles. The van der Waals surface area contributed by atoms with E-state index in [0.29, 0.717) is 16.6 Å². The van der Waals surface area contributed by atoms with Crippen LogP contribution >= 0.6 is 22.9 Å². The van der Waals surface area contributed by atoms with Crippen LogP contribution in [-0.2, 0) is 16.7 Å². The summed E-state index contributed by atoms with van der Waals surface area (Å²) in [7, 11) is 1.78. The van der Waals surface area contributed by atoms with E-state index in [1.165, 1.54) is 11.3 Å². The van der Waals surface area contributed by atoms with E-state index in [9.17, 15) is 4.79 Å². The number of oxime groups is 1. The van der Waals surface area contributed by atoms with Crippen molar-refractivity contribution in [2.24, 2.45) is 12.2 Å². The predicted molar refractivity (Wildman–Crippen MR) is 77.2 cm³/mol. The quantitative estimate of drug-likeness (QED) is 0.945. The third kappa shape index (κ3) is 2.68. The lowest BCUT2D eigenvalue weighted by molar-refractivity contribution is -0.125. The Labute approximate surface area is 124 Å². The van der Waals surface area contributed by atoms with Gasteiger partial charge >= 0.3 is 0 Å². The molecule has 0 saturated heterocycles. The van der Waals surface area contributed by atoms with Crippen LogP contribution in [0.25, 0.3) is 0 Å². The Morgan fingerprint density at radius 1 is 1.55 bits per heavy atom. The normalized spacial score (nSPS) is 17.7. The smallest absolute Gasteiger partial charge is 0.269 e. The lowest BCUT2D eigenvalue weighted by Crippen LogP contribution is -2.28. The standard InChI is InChI=1S/C12H11ClN4O2S/c1-17-5-4-11(15-17)14-12(18)8-6-7(16-19-8)9-2-3-10(13)20-9/h2-5,8H,6H2,1H3,(H,14,15,18)/t8-/m0/s1. The third-order valence-corrected chi connectivity index (χ3v) is 4.06. The van der Waals surface area contributed by atoms with Gasteiger partial charge in [0.25, 0.3) is 5.91 Å². The molecule has 3 heterocycles. The maximum atomic E-state index is 12.0. The highest BCUT2D eigenvalue weighted by molar-refractivity contribution is 7.18. The van der Waals surface area contributed by atoms with Gasteiger partial charge in [0.15, 0.2) is 5.82 Å². The van der Waals surface area contributed by atoms with Crippen LogP contribution in [0.4, 0.5) is 5.82 Å². The second-order valence-electron chi connectivity index (χ2n) is 4.30. The molecule has 0 unspecified atom stereocenters. The highest BCUT2D eigenvalue weighted by atomic mass is 35.5. The molecule has 0 fully saturated rings. The fourth-order valence-corrected chi connectivity index (χ4v) is 2.85. The van der Waals surface area contributed by atoms with Gasteiger partial charge < -0.3 is 10.2 Å².